The predicted molar refractivity (Wildman–Crippen MR) is 62.6 cm³/mol. The van der Waals surface area contributed by atoms with Crippen LogP contribution in [-0.2, 0) is 4.74 Å². The fourth-order valence-electron chi connectivity index (χ4n) is 1.52. The van der Waals surface area contributed by atoms with E-state index >= 15 is 0 Å². The van der Waals surface area contributed by atoms with Crippen LogP contribution >= 0.6 is 0 Å². The smallest absolute Gasteiger partial charge is 0.0469 e. The molecule has 0 aromatic carbocycles. The molecular formula is C12H27NO. The maximum absolute atomic E-state index is 5.57. The van der Waals surface area contributed by atoms with Crippen LogP contribution in [0.3, 0.4) is 0 Å². The lowest BCUT2D eigenvalue weighted by atomic mass is 9.93. The third-order valence-electron chi connectivity index (χ3n) is 2.68. The highest BCUT2D eigenvalue weighted by Gasteiger charge is 2.11. The Balaban J connectivity index is 3.41. The van der Waals surface area contributed by atoms with Crippen molar-refractivity contribution in [2.45, 2.75) is 40.0 Å². The maximum atomic E-state index is 5.57. The molecule has 0 aromatic heterocycles. The summed E-state index contributed by atoms with van der Waals surface area (Å²) in [6.45, 7) is 9.73. The monoisotopic (exact) mass is 201 g/mol. The molecule has 0 saturated carbocycles. The third-order valence-corrected chi connectivity index (χ3v) is 2.68. The first-order chi connectivity index (χ1) is 6.72. The molecule has 0 amide bonds. The number of nitrogens with one attached hydrogen (secondary N) is 1. The molecule has 2 heteroatoms. The van der Waals surface area contributed by atoms with Crippen molar-refractivity contribution in [2.75, 3.05) is 26.8 Å². The van der Waals surface area contributed by atoms with Gasteiger partial charge in [-0.15, -0.1) is 0 Å². The van der Waals surface area contributed by atoms with E-state index in [9.17, 15) is 0 Å². The first kappa shape index (κ1) is 13.9. The van der Waals surface area contributed by atoms with E-state index in [0.717, 1.165) is 31.6 Å². The Hall–Kier alpha value is -0.0800. The minimum Gasteiger partial charge on any atom is -0.381 e. The van der Waals surface area contributed by atoms with Crippen molar-refractivity contribution >= 4 is 0 Å². The molecule has 0 aromatic rings. The van der Waals surface area contributed by atoms with Crippen molar-refractivity contribution in [3.63, 3.8) is 0 Å². The zero-order valence-electron chi connectivity index (χ0n) is 10.3. The average Bonchev–Trinajstić information content (AvgIpc) is 2.15. The Labute approximate surface area is 89.4 Å². The molecule has 0 radical (unpaired) electrons. The van der Waals surface area contributed by atoms with Gasteiger partial charge >= 0.3 is 0 Å². The molecule has 14 heavy (non-hydrogen) atoms. The summed E-state index contributed by atoms with van der Waals surface area (Å²) in [5.41, 5.74) is 0. The van der Waals surface area contributed by atoms with Crippen LogP contribution in [0.5, 0.6) is 0 Å². The van der Waals surface area contributed by atoms with Gasteiger partial charge in [0.15, 0.2) is 0 Å². The topological polar surface area (TPSA) is 21.3 Å². The SMILES string of the molecule is CCCCOCCC(CNC)C(C)C. The van der Waals surface area contributed by atoms with Crippen molar-refractivity contribution in [3.05, 3.63) is 0 Å². The highest BCUT2D eigenvalue weighted by Crippen LogP contribution is 2.14. The molecule has 0 fully saturated rings. The van der Waals surface area contributed by atoms with Gasteiger partial charge in [0.05, 0.1) is 0 Å². The molecule has 0 aliphatic carbocycles. The van der Waals surface area contributed by atoms with Crippen molar-refractivity contribution in [1.82, 2.24) is 5.32 Å². The van der Waals surface area contributed by atoms with E-state index in [2.05, 4.69) is 26.1 Å². The van der Waals surface area contributed by atoms with E-state index in [1.165, 1.54) is 19.3 Å². The quantitative estimate of drug-likeness (QED) is 0.579. The fourth-order valence-corrected chi connectivity index (χ4v) is 1.52. The number of hydrogen-bond acceptors (Lipinski definition) is 2. The first-order valence-electron chi connectivity index (χ1n) is 5.94. The van der Waals surface area contributed by atoms with Gasteiger partial charge in [0.25, 0.3) is 0 Å². The van der Waals surface area contributed by atoms with Gasteiger partial charge in [-0.2, -0.15) is 0 Å². The van der Waals surface area contributed by atoms with Gasteiger partial charge < -0.3 is 10.1 Å². The summed E-state index contributed by atoms with van der Waals surface area (Å²) in [4.78, 5) is 0. The summed E-state index contributed by atoms with van der Waals surface area (Å²) in [7, 11) is 2.02. The van der Waals surface area contributed by atoms with Gasteiger partial charge in [0, 0.05) is 13.2 Å². The van der Waals surface area contributed by atoms with Crippen LogP contribution < -0.4 is 5.32 Å². The zero-order valence-corrected chi connectivity index (χ0v) is 10.3. The summed E-state index contributed by atoms with van der Waals surface area (Å²) >= 11 is 0. The fraction of sp³-hybridized carbons (Fsp3) is 1.00. The minimum absolute atomic E-state index is 0.747. The van der Waals surface area contributed by atoms with Crippen LogP contribution in [-0.4, -0.2) is 26.8 Å². The molecule has 0 aliphatic rings. The van der Waals surface area contributed by atoms with Gasteiger partial charge in [-0.3, -0.25) is 0 Å². The molecule has 1 atom stereocenters. The maximum Gasteiger partial charge on any atom is 0.0469 e. The Morgan fingerprint density at radius 1 is 1.21 bits per heavy atom. The van der Waals surface area contributed by atoms with Crippen molar-refractivity contribution in [1.29, 1.82) is 0 Å². The molecule has 0 bridgehead atoms. The second kappa shape index (κ2) is 9.47. The highest BCUT2D eigenvalue weighted by molar-refractivity contribution is 4.64. The van der Waals surface area contributed by atoms with E-state index in [4.69, 9.17) is 4.74 Å². The zero-order chi connectivity index (χ0) is 10.8. The molecule has 0 rings (SSSR count). The summed E-state index contributed by atoms with van der Waals surface area (Å²) in [6.07, 6.45) is 3.60. The minimum atomic E-state index is 0.747. The van der Waals surface area contributed by atoms with Gasteiger partial charge in [-0.05, 0) is 38.3 Å². The lowest BCUT2D eigenvalue weighted by Crippen LogP contribution is -2.24. The van der Waals surface area contributed by atoms with Crippen LogP contribution in [0, 0.1) is 11.8 Å². The van der Waals surface area contributed by atoms with Crippen LogP contribution in [0.15, 0.2) is 0 Å². The predicted octanol–water partition coefficient (Wildman–Crippen LogP) is 2.68. The molecular weight excluding hydrogens is 174 g/mol. The Bertz CT molecular complexity index is 115. The number of unbranched alkanes of at least 4 members (excludes halogenated alkanes) is 1. The number of hydrogen-bond donors (Lipinski definition) is 1. The molecule has 0 aliphatic heterocycles. The first-order valence-corrected chi connectivity index (χ1v) is 5.94. The second-order valence-corrected chi connectivity index (χ2v) is 4.32. The largest absolute Gasteiger partial charge is 0.381 e. The summed E-state index contributed by atoms with van der Waals surface area (Å²) in [5, 5.41) is 3.25. The lowest BCUT2D eigenvalue weighted by Gasteiger charge is -2.20. The molecule has 1 unspecified atom stereocenters. The van der Waals surface area contributed by atoms with Crippen molar-refractivity contribution < 1.29 is 4.74 Å². The summed E-state index contributed by atoms with van der Waals surface area (Å²) in [5.74, 6) is 1.50. The Morgan fingerprint density at radius 2 is 1.93 bits per heavy atom. The van der Waals surface area contributed by atoms with Crippen LogP contribution in [0.4, 0.5) is 0 Å². The highest BCUT2D eigenvalue weighted by atomic mass is 16.5. The van der Waals surface area contributed by atoms with Gasteiger partial charge in [0.1, 0.15) is 0 Å². The number of rotatable bonds is 9. The second-order valence-electron chi connectivity index (χ2n) is 4.32. The summed E-state index contributed by atoms with van der Waals surface area (Å²) < 4.78 is 5.57. The normalized spacial score (nSPS) is 13.5. The Kier molecular flexibility index (Phi) is 9.42. The third kappa shape index (κ3) is 7.34. The molecule has 0 heterocycles. The lowest BCUT2D eigenvalue weighted by molar-refractivity contribution is 0.110. The summed E-state index contributed by atoms with van der Waals surface area (Å²) in [6, 6.07) is 0. The molecule has 2 nitrogen and oxygen atoms in total. The molecule has 1 N–H and O–H groups in total. The van der Waals surface area contributed by atoms with Crippen LogP contribution in [0.1, 0.15) is 40.0 Å². The van der Waals surface area contributed by atoms with E-state index in [1.807, 2.05) is 7.05 Å². The van der Waals surface area contributed by atoms with Crippen LogP contribution in [0.2, 0.25) is 0 Å². The molecule has 86 valence electrons. The molecule has 0 saturated heterocycles. The van der Waals surface area contributed by atoms with Crippen molar-refractivity contribution in [2.24, 2.45) is 11.8 Å². The van der Waals surface area contributed by atoms with E-state index < -0.39 is 0 Å². The number of ether oxygens (including phenoxy) is 1. The average molecular weight is 201 g/mol. The van der Waals surface area contributed by atoms with Gasteiger partial charge in [-0.25, -0.2) is 0 Å². The van der Waals surface area contributed by atoms with Crippen molar-refractivity contribution in [3.8, 4) is 0 Å². The standard InChI is InChI=1S/C12H27NO/c1-5-6-8-14-9-7-12(10-13-4)11(2)3/h11-13H,5-10H2,1-4H3. The van der Waals surface area contributed by atoms with Gasteiger partial charge in [0.2, 0.25) is 0 Å². The molecule has 0 spiro atoms. The Morgan fingerprint density at radius 3 is 2.43 bits per heavy atom. The van der Waals surface area contributed by atoms with Gasteiger partial charge in [-0.1, -0.05) is 27.2 Å². The van der Waals surface area contributed by atoms with E-state index in [1.54, 1.807) is 0 Å². The van der Waals surface area contributed by atoms with E-state index in [0.29, 0.717) is 0 Å². The van der Waals surface area contributed by atoms with Crippen LogP contribution in [0.25, 0.3) is 0 Å². The van der Waals surface area contributed by atoms with E-state index in [-0.39, 0.29) is 0 Å².